The number of nitrogens with one attached hydrogen (secondary N) is 1. The van der Waals surface area contributed by atoms with E-state index in [1.54, 1.807) is 19.2 Å². The molecule has 3 N–H and O–H groups in total. The number of likely N-dealkylation sites (tertiary alicyclic amines) is 1. The molecular weight excluding hydrogens is 280 g/mol. The number of hydrogen-bond donors (Lipinski definition) is 2. The number of hydrogen-bond acceptors (Lipinski definition) is 6. The molecule has 2 rings (SSSR count). The minimum absolute atomic E-state index is 0.00334. The maximum atomic E-state index is 12.0. The molecule has 1 aromatic rings. The highest BCUT2D eigenvalue weighted by molar-refractivity contribution is 7.09. The Balaban J connectivity index is 2.05. The van der Waals surface area contributed by atoms with Crippen LogP contribution in [0.3, 0.4) is 0 Å². The summed E-state index contributed by atoms with van der Waals surface area (Å²) in [6, 6.07) is -1.01. The molecule has 0 bridgehead atoms. The molecule has 1 saturated heterocycles. The van der Waals surface area contributed by atoms with Crippen molar-refractivity contribution in [1.29, 1.82) is 0 Å². The Morgan fingerprint density at radius 3 is 2.80 bits per heavy atom. The minimum Gasteiger partial charge on any atom is -0.338 e. The van der Waals surface area contributed by atoms with Crippen molar-refractivity contribution in [3.8, 4) is 0 Å². The van der Waals surface area contributed by atoms with Gasteiger partial charge in [-0.15, -0.1) is 11.3 Å². The molecule has 8 heteroatoms. The predicted octanol–water partition coefficient (Wildman–Crippen LogP) is -0.132. The zero-order valence-corrected chi connectivity index (χ0v) is 12.1. The van der Waals surface area contributed by atoms with Crippen LogP contribution < -0.4 is 11.1 Å². The molecule has 1 aliphatic heterocycles. The van der Waals surface area contributed by atoms with Gasteiger partial charge in [-0.05, 0) is 13.8 Å². The Labute approximate surface area is 120 Å². The first-order valence-electron chi connectivity index (χ1n) is 6.25. The van der Waals surface area contributed by atoms with Crippen LogP contribution in [0, 0.1) is 0 Å². The van der Waals surface area contributed by atoms with Crippen LogP contribution in [0.5, 0.6) is 0 Å². The monoisotopic (exact) mass is 296 g/mol. The van der Waals surface area contributed by atoms with Gasteiger partial charge in [0.15, 0.2) is 0 Å². The van der Waals surface area contributed by atoms with Crippen LogP contribution in [0.2, 0.25) is 0 Å². The summed E-state index contributed by atoms with van der Waals surface area (Å²) in [6.07, 6.45) is -0.00334. The van der Waals surface area contributed by atoms with Crippen molar-refractivity contribution in [2.45, 2.75) is 38.9 Å². The van der Waals surface area contributed by atoms with Crippen LogP contribution >= 0.6 is 11.3 Å². The first-order chi connectivity index (χ1) is 9.43. The number of rotatable bonds is 4. The van der Waals surface area contributed by atoms with Crippen LogP contribution in [0.1, 0.15) is 35.8 Å². The lowest BCUT2D eigenvalue weighted by Crippen LogP contribution is -2.43. The number of aromatic nitrogens is 1. The van der Waals surface area contributed by atoms with Crippen molar-refractivity contribution >= 4 is 29.1 Å². The van der Waals surface area contributed by atoms with Crippen molar-refractivity contribution in [2.75, 3.05) is 0 Å². The van der Waals surface area contributed by atoms with Gasteiger partial charge in [0.25, 0.3) is 11.8 Å². The van der Waals surface area contributed by atoms with Gasteiger partial charge >= 0.3 is 0 Å². The molecule has 0 spiro atoms. The van der Waals surface area contributed by atoms with Crippen molar-refractivity contribution in [2.24, 2.45) is 5.73 Å². The van der Waals surface area contributed by atoms with Crippen molar-refractivity contribution < 1.29 is 14.4 Å². The van der Waals surface area contributed by atoms with Gasteiger partial charge in [0.1, 0.15) is 16.7 Å². The molecule has 0 saturated carbocycles. The molecule has 0 aromatic carbocycles. The lowest BCUT2D eigenvalue weighted by atomic mass is 10.2. The molecule has 1 atom stereocenters. The van der Waals surface area contributed by atoms with E-state index in [9.17, 15) is 14.4 Å². The van der Waals surface area contributed by atoms with Gasteiger partial charge in [0, 0.05) is 18.0 Å². The lowest BCUT2D eigenvalue weighted by molar-refractivity contribution is -0.140. The first kappa shape index (κ1) is 14.6. The molecule has 0 aliphatic carbocycles. The van der Waals surface area contributed by atoms with Gasteiger partial charge in [0.2, 0.25) is 5.91 Å². The Morgan fingerprint density at radius 2 is 2.30 bits per heavy atom. The van der Waals surface area contributed by atoms with E-state index in [2.05, 4.69) is 10.3 Å². The van der Waals surface area contributed by atoms with Crippen LogP contribution in [-0.2, 0) is 16.1 Å². The standard InChI is InChI=1S/C12H16N4O3S/c1-6(2)16-10(17)3-7(12(16)19)15-11(18)8-5-20-9(4-13)14-8/h5-7H,3-4,13H2,1-2H3,(H,15,18). The summed E-state index contributed by atoms with van der Waals surface area (Å²) >= 11 is 1.28. The number of carbonyl (C=O) groups is 3. The van der Waals surface area contributed by atoms with E-state index in [1.165, 1.54) is 16.2 Å². The molecule has 3 amide bonds. The topological polar surface area (TPSA) is 105 Å². The van der Waals surface area contributed by atoms with Crippen LogP contribution in [0.4, 0.5) is 0 Å². The van der Waals surface area contributed by atoms with E-state index in [0.29, 0.717) is 5.01 Å². The van der Waals surface area contributed by atoms with Gasteiger partial charge in [-0.2, -0.15) is 0 Å². The van der Waals surface area contributed by atoms with E-state index in [4.69, 9.17) is 5.73 Å². The average molecular weight is 296 g/mol. The van der Waals surface area contributed by atoms with E-state index < -0.39 is 11.9 Å². The number of nitrogens with zero attached hydrogens (tertiary/aromatic N) is 2. The summed E-state index contributed by atoms with van der Waals surface area (Å²) in [4.78, 5) is 41.0. The molecule has 0 radical (unpaired) electrons. The molecule has 2 heterocycles. The molecule has 1 aromatic heterocycles. The zero-order chi connectivity index (χ0) is 14.9. The molecule has 1 unspecified atom stereocenters. The second-order valence-corrected chi connectivity index (χ2v) is 5.70. The molecule has 108 valence electrons. The molecule has 1 aliphatic rings. The third kappa shape index (κ3) is 2.70. The average Bonchev–Trinajstić information content (AvgIpc) is 2.95. The number of nitrogens with two attached hydrogens (primary N) is 1. The maximum Gasteiger partial charge on any atom is 0.271 e. The largest absolute Gasteiger partial charge is 0.338 e. The van der Waals surface area contributed by atoms with Crippen molar-refractivity contribution in [3.05, 3.63) is 16.1 Å². The fourth-order valence-corrected chi connectivity index (χ4v) is 2.70. The Bertz CT molecular complexity index is 555. The first-order valence-corrected chi connectivity index (χ1v) is 7.13. The molecular formula is C12H16N4O3S. The summed E-state index contributed by atoms with van der Waals surface area (Å²) < 4.78 is 0. The highest BCUT2D eigenvalue weighted by Crippen LogP contribution is 2.17. The predicted molar refractivity (Wildman–Crippen MR) is 72.9 cm³/mol. The minimum atomic E-state index is -0.805. The highest BCUT2D eigenvalue weighted by atomic mass is 32.1. The van der Waals surface area contributed by atoms with Gasteiger partial charge < -0.3 is 11.1 Å². The maximum absolute atomic E-state index is 12.0. The Hall–Kier alpha value is -1.80. The van der Waals surface area contributed by atoms with Crippen LogP contribution in [0.25, 0.3) is 0 Å². The van der Waals surface area contributed by atoms with Gasteiger partial charge in [-0.25, -0.2) is 4.98 Å². The van der Waals surface area contributed by atoms with Crippen molar-refractivity contribution in [3.63, 3.8) is 0 Å². The van der Waals surface area contributed by atoms with E-state index in [-0.39, 0.29) is 36.5 Å². The number of thiazole rings is 1. The zero-order valence-electron chi connectivity index (χ0n) is 11.3. The fraction of sp³-hybridized carbons (Fsp3) is 0.500. The fourth-order valence-electron chi connectivity index (χ4n) is 2.05. The summed E-state index contributed by atoms with van der Waals surface area (Å²) in [5.41, 5.74) is 5.65. The summed E-state index contributed by atoms with van der Waals surface area (Å²) in [7, 11) is 0. The third-order valence-electron chi connectivity index (χ3n) is 2.96. The Morgan fingerprint density at radius 1 is 1.60 bits per heavy atom. The van der Waals surface area contributed by atoms with Crippen molar-refractivity contribution in [1.82, 2.24) is 15.2 Å². The summed E-state index contributed by atoms with van der Waals surface area (Å²) in [5, 5.41) is 4.78. The molecule has 1 fully saturated rings. The second-order valence-electron chi connectivity index (χ2n) is 4.76. The smallest absolute Gasteiger partial charge is 0.271 e. The van der Waals surface area contributed by atoms with Crippen LogP contribution in [-0.4, -0.2) is 39.7 Å². The van der Waals surface area contributed by atoms with E-state index in [1.807, 2.05) is 0 Å². The second kappa shape index (κ2) is 5.68. The number of carbonyl (C=O) groups excluding carboxylic acids is 3. The normalized spacial score (nSPS) is 19.0. The van der Waals surface area contributed by atoms with Gasteiger partial charge in [-0.1, -0.05) is 0 Å². The number of amides is 3. The molecule has 20 heavy (non-hydrogen) atoms. The SMILES string of the molecule is CC(C)N1C(=O)CC(NC(=O)c2csc(CN)n2)C1=O. The molecule has 7 nitrogen and oxygen atoms in total. The number of imide groups is 1. The summed E-state index contributed by atoms with van der Waals surface area (Å²) in [6.45, 7) is 3.78. The highest BCUT2D eigenvalue weighted by Gasteiger charge is 2.40. The van der Waals surface area contributed by atoms with Crippen LogP contribution in [0.15, 0.2) is 5.38 Å². The van der Waals surface area contributed by atoms with Gasteiger partial charge in [-0.3, -0.25) is 19.3 Å². The Kier molecular flexibility index (Phi) is 4.15. The third-order valence-corrected chi connectivity index (χ3v) is 3.83. The summed E-state index contributed by atoms with van der Waals surface area (Å²) in [5.74, 6) is -1.10. The van der Waals surface area contributed by atoms with E-state index >= 15 is 0 Å². The quantitative estimate of drug-likeness (QED) is 0.753. The lowest BCUT2D eigenvalue weighted by Gasteiger charge is -2.18. The van der Waals surface area contributed by atoms with E-state index in [0.717, 1.165) is 0 Å². The van der Waals surface area contributed by atoms with Gasteiger partial charge in [0.05, 0.1) is 6.42 Å².